The molecule has 2 aromatic carbocycles. The van der Waals surface area contributed by atoms with Crippen molar-refractivity contribution >= 4 is 15.7 Å². The van der Waals surface area contributed by atoms with Crippen LogP contribution in [0.2, 0.25) is 0 Å². The summed E-state index contributed by atoms with van der Waals surface area (Å²) >= 11 is 0. The zero-order valence-electron chi connectivity index (χ0n) is 12.7. The Morgan fingerprint density at radius 3 is 2.00 bits per heavy atom. The number of aryl methyl sites for hydroxylation is 2. The smallest absolute Gasteiger partial charge is 0.264 e. The van der Waals surface area contributed by atoms with E-state index in [-0.39, 0.29) is 6.10 Å². The van der Waals surface area contributed by atoms with Gasteiger partial charge in [-0.05, 0) is 38.1 Å². The van der Waals surface area contributed by atoms with Crippen LogP contribution in [0, 0.1) is 13.8 Å². The summed E-state index contributed by atoms with van der Waals surface area (Å²) in [5, 5.41) is 0. The minimum atomic E-state index is -3.59. The molecule has 1 aliphatic heterocycles. The number of anilines is 1. The Balaban J connectivity index is 2.00. The molecule has 1 fully saturated rings. The molecule has 116 valence electrons. The number of rotatable bonds is 5. The Morgan fingerprint density at radius 2 is 1.50 bits per heavy atom. The third-order valence-corrected chi connectivity index (χ3v) is 5.51. The molecule has 0 bridgehead atoms. The maximum Gasteiger partial charge on any atom is 0.264 e. The molecule has 22 heavy (non-hydrogen) atoms. The summed E-state index contributed by atoms with van der Waals surface area (Å²) in [5.74, 6) is 0. The van der Waals surface area contributed by atoms with E-state index in [1.54, 1.807) is 12.1 Å². The first-order valence-corrected chi connectivity index (χ1v) is 8.68. The first-order chi connectivity index (χ1) is 10.5. The predicted octanol–water partition coefficient (Wildman–Crippen LogP) is 2.90. The summed E-state index contributed by atoms with van der Waals surface area (Å²) < 4.78 is 32.6. The van der Waals surface area contributed by atoms with Crippen LogP contribution in [0.5, 0.6) is 0 Å². The number of epoxide rings is 1. The monoisotopic (exact) mass is 317 g/mol. The van der Waals surface area contributed by atoms with Crippen LogP contribution in [0.4, 0.5) is 5.69 Å². The first kappa shape index (κ1) is 15.1. The van der Waals surface area contributed by atoms with Gasteiger partial charge >= 0.3 is 0 Å². The van der Waals surface area contributed by atoms with Crippen molar-refractivity contribution in [2.45, 2.75) is 24.8 Å². The second-order valence-corrected chi connectivity index (χ2v) is 7.50. The van der Waals surface area contributed by atoms with Gasteiger partial charge < -0.3 is 4.74 Å². The Kier molecular flexibility index (Phi) is 3.93. The van der Waals surface area contributed by atoms with Gasteiger partial charge in [-0.3, -0.25) is 4.31 Å². The molecule has 1 atom stereocenters. The van der Waals surface area contributed by atoms with Crippen molar-refractivity contribution in [2.75, 3.05) is 17.5 Å². The van der Waals surface area contributed by atoms with Crippen LogP contribution in [0.1, 0.15) is 11.1 Å². The summed E-state index contributed by atoms with van der Waals surface area (Å²) in [7, 11) is -3.59. The maximum absolute atomic E-state index is 13.0. The topological polar surface area (TPSA) is 49.9 Å². The molecular formula is C17H19NO3S. The third kappa shape index (κ3) is 3.15. The molecule has 5 heteroatoms. The third-order valence-electron chi connectivity index (χ3n) is 3.70. The summed E-state index contributed by atoms with van der Waals surface area (Å²) in [5.41, 5.74) is 2.80. The van der Waals surface area contributed by atoms with Crippen LogP contribution in [-0.2, 0) is 14.8 Å². The molecule has 0 N–H and O–H groups in total. The fourth-order valence-corrected chi connectivity index (χ4v) is 3.75. The van der Waals surface area contributed by atoms with E-state index in [0.29, 0.717) is 23.7 Å². The van der Waals surface area contributed by atoms with Gasteiger partial charge in [0.15, 0.2) is 0 Å². The molecule has 3 rings (SSSR count). The van der Waals surface area contributed by atoms with E-state index in [1.165, 1.54) is 4.31 Å². The highest BCUT2D eigenvalue weighted by Gasteiger charge is 2.32. The number of hydrogen-bond donors (Lipinski definition) is 0. The van der Waals surface area contributed by atoms with Gasteiger partial charge in [0.25, 0.3) is 10.0 Å². The molecule has 1 heterocycles. The lowest BCUT2D eigenvalue weighted by Crippen LogP contribution is -2.34. The van der Waals surface area contributed by atoms with Crippen LogP contribution in [0.25, 0.3) is 0 Å². The van der Waals surface area contributed by atoms with Crippen molar-refractivity contribution in [3.05, 3.63) is 59.7 Å². The molecule has 1 saturated heterocycles. The van der Waals surface area contributed by atoms with Crippen molar-refractivity contribution in [1.29, 1.82) is 0 Å². The van der Waals surface area contributed by atoms with E-state index in [0.717, 1.165) is 11.1 Å². The number of benzene rings is 2. The van der Waals surface area contributed by atoms with E-state index < -0.39 is 10.0 Å². The Morgan fingerprint density at radius 1 is 1.00 bits per heavy atom. The van der Waals surface area contributed by atoms with Gasteiger partial charge in [-0.25, -0.2) is 8.42 Å². The molecule has 0 spiro atoms. The van der Waals surface area contributed by atoms with E-state index >= 15 is 0 Å². The van der Waals surface area contributed by atoms with Crippen LogP contribution < -0.4 is 4.31 Å². The van der Waals surface area contributed by atoms with Crippen LogP contribution in [0.15, 0.2) is 53.4 Å². The second kappa shape index (κ2) is 5.74. The number of nitrogens with zero attached hydrogens (tertiary/aromatic N) is 1. The lowest BCUT2D eigenvalue weighted by molar-refractivity contribution is 0.412. The second-order valence-electron chi connectivity index (χ2n) is 5.64. The highest BCUT2D eigenvalue weighted by molar-refractivity contribution is 7.92. The highest BCUT2D eigenvalue weighted by atomic mass is 32.2. The van der Waals surface area contributed by atoms with Crippen molar-refractivity contribution in [2.24, 2.45) is 0 Å². The lowest BCUT2D eigenvalue weighted by atomic mass is 10.2. The van der Waals surface area contributed by atoms with Crippen LogP contribution >= 0.6 is 0 Å². The number of ether oxygens (including phenoxy) is 1. The van der Waals surface area contributed by atoms with Gasteiger partial charge in [-0.2, -0.15) is 0 Å². The fourth-order valence-electron chi connectivity index (χ4n) is 2.25. The normalized spacial score (nSPS) is 17.3. The average Bonchev–Trinajstić information content (AvgIpc) is 3.30. The molecule has 0 saturated carbocycles. The first-order valence-electron chi connectivity index (χ1n) is 7.24. The number of sulfonamides is 1. The Hall–Kier alpha value is -1.85. The summed E-state index contributed by atoms with van der Waals surface area (Å²) in [6.45, 7) is 4.88. The fraction of sp³-hybridized carbons (Fsp3) is 0.294. The largest absolute Gasteiger partial charge is 0.371 e. The SMILES string of the molecule is Cc1ccc(N(C[C@H]2CO2)S(=O)(=O)c2ccc(C)cc2)cc1. The van der Waals surface area contributed by atoms with Gasteiger partial charge in [0.05, 0.1) is 29.8 Å². The zero-order chi connectivity index (χ0) is 15.7. The predicted molar refractivity (Wildman–Crippen MR) is 86.6 cm³/mol. The molecule has 0 radical (unpaired) electrons. The average molecular weight is 317 g/mol. The summed E-state index contributed by atoms with van der Waals surface area (Å²) in [4.78, 5) is 0.305. The lowest BCUT2D eigenvalue weighted by Gasteiger charge is -2.24. The summed E-state index contributed by atoms with van der Waals surface area (Å²) in [6, 6.07) is 14.4. The summed E-state index contributed by atoms with van der Waals surface area (Å²) in [6.07, 6.45) is -0.0125. The zero-order valence-corrected chi connectivity index (χ0v) is 13.5. The van der Waals surface area contributed by atoms with E-state index in [1.807, 2.05) is 50.2 Å². The number of hydrogen-bond acceptors (Lipinski definition) is 3. The molecule has 0 unspecified atom stereocenters. The van der Waals surface area contributed by atoms with Crippen molar-refractivity contribution in [3.63, 3.8) is 0 Å². The van der Waals surface area contributed by atoms with Crippen LogP contribution in [-0.4, -0.2) is 27.7 Å². The van der Waals surface area contributed by atoms with E-state index in [2.05, 4.69) is 0 Å². The molecule has 4 nitrogen and oxygen atoms in total. The minimum absolute atomic E-state index is 0.0125. The van der Waals surface area contributed by atoms with E-state index in [4.69, 9.17) is 4.74 Å². The van der Waals surface area contributed by atoms with Gasteiger partial charge in [0.1, 0.15) is 0 Å². The minimum Gasteiger partial charge on any atom is -0.371 e. The van der Waals surface area contributed by atoms with Crippen molar-refractivity contribution in [1.82, 2.24) is 0 Å². The molecule has 0 amide bonds. The van der Waals surface area contributed by atoms with Crippen molar-refractivity contribution in [3.8, 4) is 0 Å². The molecule has 1 aliphatic rings. The molecular weight excluding hydrogens is 298 g/mol. The van der Waals surface area contributed by atoms with Gasteiger partial charge in [0, 0.05) is 0 Å². The molecule has 0 aliphatic carbocycles. The molecule has 2 aromatic rings. The van der Waals surface area contributed by atoms with Crippen LogP contribution in [0.3, 0.4) is 0 Å². The maximum atomic E-state index is 13.0. The Labute approximate surface area is 131 Å². The highest BCUT2D eigenvalue weighted by Crippen LogP contribution is 2.27. The Bertz CT molecular complexity index is 747. The standard InChI is InChI=1S/C17H19NO3S/c1-13-3-7-15(8-4-13)18(11-16-12-21-16)22(19,20)17-9-5-14(2)6-10-17/h3-10,16H,11-12H2,1-2H3/t16-/m0/s1. The molecule has 0 aromatic heterocycles. The van der Waals surface area contributed by atoms with Gasteiger partial charge in [-0.1, -0.05) is 35.4 Å². The van der Waals surface area contributed by atoms with E-state index in [9.17, 15) is 8.42 Å². The van der Waals surface area contributed by atoms with Crippen molar-refractivity contribution < 1.29 is 13.2 Å². The van der Waals surface area contributed by atoms with Gasteiger partial charge in [0.2, 0.25) is 0 Å². The quantitative estimate of drug-likeness (QED) is 0.797. The van der Waals surface area contributed by atoms with Gasteiger partial charge in [-0.15, -0.1) is 0 Å².